The van der Waals surface area contributed by atoms with Crippen molar-refractivity contribution in [1.82, 2.24) is 9.80 Å². The lowest BCUT2D eigenvalue weighted by molar-refractivity contribution is 0.0595. The highest BCUT2D eigenvalue weighted by Crippen LogP contribution is 2.39. The molecule has 0 aromatic heterocycles. The van der Waals surface area contributed by atoms with Crippen LogP contribution in [0.2, 0.25) is 0 Å². The van der Waals surface area contributed by atoms with Crippen molar-refractivity contribution in [3.63, 3.8) is 0 Å². The minimum absolute atomic E-state index is 0.0726. The first-order valence-corrected chi connectivity index (χ1v) is 10.9. The van der Waals surface area contributed by atoms with Gasteiger partial charge in [-0.25, -0.2) is 13.2 Å². The van der Waals surface area contributed by atoms with Crippen LogP contribution in [0.5, 0.6) is 0 Å². The van der Waals surface area contributed by atoms with E-state index >= 15 is 0 Å². The zero-order valence-corrected chi connectivity index (χ0v) is 16.2. The SMILES string of the molecule is CN(C(=O)O)C1C2CCC1CN(CCCS(=O)(=O)c1ccc(C#N)cc1)C2. The van der Waals surface area contributed by atoms with E-state index in [2.05, 4.69) is 4.90 Å². The number of amides is 1. The van der Waals surface area contributed by atoms with Gasteiger partial charge in [-0.15, -0.1) is 0 Å². The number of likely N-dealkylation sites (tertiary alicyclic amines) is 1. The fraction of sp³-hybridized carbons (Fsp3) is 0.579. The van der Waals surface area contributed by atoms with Crippen molar-refractivity contribution in [3.05, 3.63) is 29.8 Å². The van der Waals surface area contributed by atoms with E-state index < -0.39 is 15.9 Å². The lowest BCUT2D eigenvalue weighted by Gasteiger charge is -2.41. The van der Waals surface area contributed by atoms with Crippen LogP contribution in [0.25, 0.3) is 0 Å². The third kappa shape index (κ3) is 4.25. The lowest BCUT2D eigenvalue weighted by Crippen LogP contribution is -2.53. The Labute approximate surface area is 160 Å². The predicted molar refractivity (Wildman–Crippen MR) is 100 cm³/mol. The van der Waals surface area contributed by atoms with Crippen LogP contribution in [0.4, 0.5) is 4.79 Å². The van der Waals surface area contributed by atoms with Gasteiger partial charge in [0.05, 0.1) is 22.3 Å². The Morgan fingerprint density at radius 2 is 1.85 bits per heavy atom. The number of carboxylic acid groups (broad SMARTS) is 1. The second-order valence-corrected chi connectivity index (χ2v) is 9.66. The number of nitrogens with zero attached hydrogens (tertiary/aromatic N) is 3. The molecule has 1 saturated heterocycles. The number of nitriles is 1. The van der Waals surface area contributed by atoms with E-state index in [1.54, 1.807) is 7.05 Å². The van der Waals surface area contributed by atoms with Gasteiger partial charge in [0.1, 0.15) is 0 Å². The summed E-state index contributed by atoms with van der Waals surface area (Å²) in [6.07, 6.45) is 1.74. The molecule has 3 rings (SSSR count). The van der Waals surface area contributed by atoms with Gasteiger partial charge in [0, 0.05) is 26.2 Å². The number of sulfone groups is 1. The first-order valence-electron chi connectivity index (χ1n) is 9.23. The molecule has 146 valence electrons. The topological polar surface area (TPSA) is 102 Å². The van der Waals surface area contributed by atoms with Crippen LogP contribution in [-0.4, -0.2) is 67.9 Å². The average Bonchev–Trinajstić information content (AvgIpc) is 2.91. The van der Waals surface area contributed by atoms with Crippen molar-refractivity contribution in [2.75, 3.05) is 32.4 Å². The predicted octanol–water partition coefficient (Wildman–Crippen LogP) is 2.04. The van der Waals surface area contributed by atoms with E-state index in [-0.39, 0.29) is 16.7 Å². The molecule has 2 bridgehead atoms. The maximum absolute atomic E-state index is 12.5. The van der Waals surface area contributed by atoms with Crippen LogP contribution < -0.4 is 0 Å². The van der Waals surface area contributed by atoms with Crippen LogP contribution in [0.3, 0.4) is 0 Å². The molecule has 7 nitrogen and oxygen atoms in total. The molecule has 1 aliphatic heterocycles. The van der Waals surface area contributed by atoms with Gasteiger partial charge in [-0.2, -0.15) is 5.26 Å². The molecule has 1 aromatic carbocycles. The van der Waals surface area contributed by atoms with Crippen molar-refractivity contribution in [3.8, 4) is 6.07 Å². The monoisotopic (exact) mass is 391 g/mol. The van der Waals surface area contributed by atoms with Crippen molar-refractivity contribution < 1.29 is 18.3 Å². The first kappa shape index (κ1) is 19.6. The Balaban J connectivity index is 1.53. The molecule has 0 spiro atoms. The molecule has 8 heteroatoms. The summed E-state index contributed by atoms with van der Waals surface area (Å²) in [5, 5.41) is 18.1. The minimum atomic E-state index is -3.35. The molecule has 1 amide bonds. The Kier molecular flexibility index (Phi) is 5.72. The summed E-state index contributed by atoms with van der Waals surface area (Å²) in [6, 6.07) is 8.09. The van der Waals surface area contributed by atoms with E-state index in [1.165, 1.54) is 29.2 Å². The van der Waals surface area contributed by atoms with Gasteiger partial charge >= 0.3 is 6.09 Å². The number of rotatable bonds is 6. The Morgan fingerprint density at radius 1 is 1.26 bits per heavy atom. The summed E-state index contributed by atoms with van der Waals surface area (Å²) in [6.45, 7) is 2.36. The fourth-order valence-corrected chi connectivity index (χ4v) is 5.86. The molecule has 27 heavy (non-hydrogen) atoms. The van der Waals surface area contributed by atoms with E-state index in [1.807, 2.05) is 6.07 Å². The summed E-state index contributed by atoms with van der Waals surface area (Å²) in [5.74, 6) is 0.739. The molecule has 0 radical (unpaired) electrons. The normalized spacial score (nSPS) is 25.1. The molecule has 1 saturated carbocycles. The van der Waals surface area contributed by atoms with Gasteiger partial charge in [-0.1, -0.05) is 0 Å². The summed E-state index contributed by atoms with van der Waals surface area (Å²) in [4.78, 5) is 15.3. The summed E-state index contributed by atoms with van der Waals surface area (Å²) >= 11 is 0. The smallest absolute Gasteiger partial charge is 0.407 e. The number of piperidine rings is 1. The van der Waals surface area contributed by atoms with Gasteiger partial charge in [0.25, 0.3) is 0 Å². The molecule has 1 heterocycles. The Bertz CT molecular complexity index is 818. The van der Waals surface area contributed by atoms with Gasteiger partial charge in [0.2, 0.25) is 0 Å². The van der Waals surface area contributed by atoms with Gasteiger partial charge in [-0.05, 0) is 61.9 Å². The van der Waals surface area contributed by atoms with Crippen molar-refractivity contribution in [2.24, 2.45) is 11.8 Å². The third-order valence-corrected chi connectivity index (χ3v) is 7.66. The average molecular weight is 391 g/mol. The zero-order chi connectivity index (χ0) is 19.6. The van der Waals surface area contributed by atoms with Crippen LogP contribution in [0.15, 0.2) is 29.2 Å². The zero-order valence-electron chi connectivity index (χ0n) is 15.4. The number of hydrogen-bond donors (Lipinski definition) is 1. The summed E-state index contributed by atoms with van der Waals surface area (Å²) in [7, 11) is -1.70. The molecular formula is C19H25N3O4S. The number of fused-ring (bicyclic) bond motifs is 2. The molecule has 1 N–H and O–H groups in total. The molecule has 2 fully saturated rings. The van der Waals surface area contributed by atoms with Crippen LogP contribution in [0.1, 0.15) is 24.8 Å². The largest absolute Gasteiger partial charge is 0.465 e. The van der Waals surface area contributed by atoms with Gasteiger partial charge < -0.3 is 14.9 Å². The standard InChI is InChI=1S/C19H25N3O4S/c1-21(19(23)24)18-15-5-6-16(18)13-22(12-15)9-2-10-27(25,26)17-7-3-14(11-20)4-8-17/h3-4,7-8,15-16,18H,2,5-6,9-10,12-13H2,1H3,(H,23,24). The van der Waals surface area contributed by atoms with E-state index in [4.69, 9.17) is 5.26 Å². The van der Waals surface area contributed by atoms with Gasteiger partial charge in [-0.3, -0.25) is 0 Å². The van der Waals surface area contributed by atoms with Gasteiger partial charge in [0.15, 0.2) is 9.84 Å². The quantitative estimate of drug-likeness (QED) is 0.796. The highest BCUT2D eigenvalue weighted by atomic mass is 32.2. The maximum atomic E-state index is 12.5. The second kappa shape index (κ2) is 7.87. The molecule has 2 atom stereocenters. The van der Waals surface area contributed by atoms with E-state index in [9.17, 15) is 18.3 Å². The van der Waals surface area contributed by atoms with Crippen molar-refractivity contribution in [1.29, 1.82) is 5.26 Å². The number of carbonyl (C=O) groups is 1. The summed E-state index contributed by atoms with van der Waals surface area (Å²) in [5.41, 5.74) is 0.443. The van der Waals surface area contributed by atoms with E-state index in [0.29, 0.717) is 30.4 Å². The highest BCUT2D eigenvalue weighted by molar-refractivity contribution is 7.91. The molecule has 1 aromatic rings. The molecule has 1 aliphatic carbocycles. The number of hydrogen-bond acceptors (Lipinski definition) is 5. The molecular weight excluding hydrogens is 366 g/mol. The molecule has 2 aliphatic rings. The maximum Gasteiger partial charge on any atom is 0.407 e. The van der Waals surface area contributed by atoms with E-state index in [0.717, 1.165) is 25.9 Å². The van der Waals surface area contributed by atoms with Crippen LogP contribution >= 0.6 is 0 Å². The minimum Gasteiger partial charge on any atom is -0.465 e. The Hall–Kier alpha value is -2.11. The van der Waals surface area contributed by atoms with Crippen LogP contribution in [-0.2, 0) is 9.84 Å². The first-order chi connectivity index (χ1) is 12.8. The van der Waals surface area contributed by atoms with Crippen molar-refractivity contribution in [2.45, 2.75) is 30.2 Å². The molecule has 2 unspecified atom stereocenters. The number of benzene rings is 1. The fourth-order valence-electron chi connectivity index (χ4n) is 4.57. The second-order valence-electron chi connectivity index (χ2n) is 7.55. The summed E-state index contributed by atoms with van der Waals surface area (Å²) < 4.78 is 24.9. The highest BCUT2D eigenvalue weighted by Gasteiger charge is 2.45. The van der Waals surface area contributed by atoms with Crippen LogP contribution in [0, 0.1) is 23.2 Å². The third-order valence-electron chi connectivity index (χ3n) is 5.84. The lowest BCUT2D eigenvalue weighted by atomic mass is 9.91. The van der Waals surface area contributed by atoms with Crippen molar-refractivity contribution >= 4 is 15.9 Å². The Morgan fingerprint density at radius 3 is 2.37 bits per heavy atom.